The minimum Gasteiger partial charge on any atom is -0.127 e. The number of hydrogen-bond acceptors (Lipinski definition) is 0. The topological polar surface area (TPSA) is 0 Å². The first kappa shape index (κ1) is 12.4. The highest BCUT2D eigenvalue weighted by Gasteiger charge is 2.06. The zero-order valence-corrected chi connectivity index (χ0v) is 9.37. The molecule has 0 heterocycles. The Morgan fingerprint density at radius 3 is 2.00 bits per heavy atom. The zero-order valence-electron chi connectivity index (χ0n) is 8.61. The summed E-state index contributed by atoms with van der Waals surface area (Å²) < 4.78 is 0. The van der Waals surface area contributed by atoms with E-state index in [9.17, 15) is 0 Å². The Labute approximate surface area is 83.1 Å². The van der Waals surface area contributed by atoms with E-state index in [0.717, 1.165) is 12.6 Å². The van der Waals surface area contributed by atoms with Gasteiger partial charge in [-0.3, -0.25) is 0 Å². The van der Waals surface area contributed by atoms with Gasteiger partial charge in [0.2, 0.25) is 0 Å². The molecule has 0 amide bonds. The van der Waals surface area contributed by atoms with Gasteiger partial charge < -0.3 is 0 Å². The van der Waals surface area contributed by atoms with Crippen molar-refractivity contribution in [1.82, 2.24) is 0 Å². The molecule has 0 radical (unpaired) electrons. The summed E-state index contributed by atoms with van der Waals surface area (Å²) in [5.74, 6) is 0.838. The quantitative estimate of drug-likeness (QED) is 0.302. The van der Waals surface area contributed by atoms with Gasteiger partial charge in [-0.2, -0.15) is 0 Å². The summed E-state index contributed by atoms with van der Waals surface area (Å²) >= 11 is 5.60. The van der Waals surface area contributed by atoms with E-state index in [-0.39, 0.29) is 0 Å². The molecule has 0 fully saturated rings. The third kappa shape index (κ3) is 7.03. The normalized spacial score (nSPS) is 10.2. The van der Waals surface area contributed by atoms with Crippen LogP contribution in [-0.4, -0.2) is 12.6 Å². The zero-order chi connectivity index (χ0) is 9.23. The van der Waals surface area contributed by atoms with Gasteiger partial charge in [0, 0.05) is 5.88 Å². The van der Waals surface area contributed by atoms with Crippen molar-refractivity contribution in [3.05, 3.63) is 0 Å². The first-order valence-electron chi connectivity index (χ1n) is 5.41. The van der Waals surface area contributed by atoms with Crippen molar-refractivity contribution in [2.24, 2.45) is 0 Å². The maximum absolute atomic E-state index is 5.60. The third-order valence-electron chi connectivity index (χ3n) is 2.65. The molecule has 0 unspecified atom stereocenters. The van der Waals surface area contributed by atoms with Gasteiger partial charge in [-0.05, 0) is 6.42 Å². The van der Waals surface area contributed by atoms with Crippen LogP contribution in [0.2, 0.25) is 19.0 Å². The average molecular weight is 189 g/mol. The standard InChI is InChI=1S/C10H22BCl/c1-3-11(4-2)9-7-5-6-8-10-12/h3-10H2,1-2H3. The van der Waals surface area contributed by atoms with Crippen LogP contribution in [0.3, 0.4) is 0 Å². The predicted molar refractivity (Wildman–Crippen MR) is 60.7 cm³/mol. The highest BCUT2D eigenvalue weighted by molar-refractivity contribution is 6.58. The molecule has 2 heteroatoms. The number of rotatable bonds is 8. The van der Waals surface area contributed by atoms with Gasteiger partial charge in [0.05, 0.1) is 0 Å². The van der Waals surface area contributed by atoms with E-state index in [0.29, 0.717) is 0 Å². The molecule has 0 saturated heterocycles. The fourth-order valence-corrected chi connectivity index (χ4v) is 1.77. The Bertz CT molecular complexity index is 81.9. The average Bonchev–Trinajstić information content (AvgIpc) is 2.11. The van der Waals surface area contributed by atoms with Crippen molar-refractivity contribution in [2.75, 3.05) is 5.88 Å². The van der Waals surface area contributed by atoms with E-state index < -0.39 is 0 Å². The monoisotopic (exact) mass is 188 g/mol. The van der Waals surface area contributed by atoms with E-state index in [2.05, 4.69) is 13.8 Å². The van der Waals surface area contributed by atoms with Gasteiger partial charge >= 0.3 is 0 Å². The van der Waals surface area contributed by atoms with Crippen LogP contribution < -0.4 is 0 Å². The van der Waals surface area contributed by atoms with Crippen molar-refractivity contribution < 1.29 is 0 Å². The van der Waals surface area contributed by atoms with Crippen LogP contribution in [0.4, 0.5) is 0 Å². The van der Waals surface area contributed by atoms with Gasteiger partial charge in [-0.15, -0.1) is 11.6 Å². The number of halogens is 1. The van der Waals surface area contributed by atoms with Crippen molar-refractivity contribution in [2.45, 2.75) is 58.5 Å². The third-order valence-corrected chi connectivity index (χ3v) is 2.92. The molecule has 0 aliphatic rings. The van der Waals surface area contributed by atoms with Gasteiger partial charge in [0.15, 0.2) is 0 Å². The molecule has 0 atom stereocenters. The van der Waals surface area contributed by atoms with Gasteiger partial charge in [0.1, 0.15) is 6.71 Å². The van der Waals surface area contributed by atoms with Crippen LogP contribution in [-0.2, 0) is 0 Å². The lowest BCUT2D eigenvalue weighted by molar-refractivity contribution is 0.700. The van der Waals surface area contributed by atoms with Crippen molar-refractivity contribution in [3.8, 4) is 0 Å². The van der Waals surface area contributed by atoms with Gasteiger partial charge in [-0.25, -0.2) is 0 Å². The summed E-state index contributed by atoms with van der Waals surface area (Å²) in [7, 11) is 0. The summed E-state index contributed by atoms with van der Waals surface area (Å²) in [6.45, 7) is 5.57. The summed E-state index contributed by atoms with van der Waals surface area (Å²) in [6.07, 6.45) is 9.44. The van der Waals surface area contributed by atoms with E-state index in [1.165, 1.54) is 44.6 Å². The lowest BCUT2D eigenvalue weighted by Crippen LogP contribution is -2.07. The first-order chi connectivity index (χ1) is 5.85. The molecule has 12 heavy (non-hydrogen) atoms. The maximum atomic E-state index is 5.60. The molecule has 0 aromatic heterocycles. The molecule has 0 saturated carbocycles. The molecule has 0 aromatic rings. The molecule has 0 N–H and O–H groups in total. The Morgan fingerprint density at radius 2 is 1.50 bits per heavy atom. The van der Waals surface area contributed by atoms with Crippen molar-refractivity contribution in [3.63, 3.8) is 0 Å². The summed E-state index contributed by atoms with van der Waals surface area (Å²) in [4.78, 5) is 0. The smallest absolute Gasteiger partial charge is 0.127 e. The van der Waals surface area contributed by atoms with Crippen LogP contribution in [0.25, 0.3) is 0 Å². The molecule has 0 bridgehead atoms. The van der Waals surface area contributed by atoms with E-state index >= 15 is 0 Å². The van der Waals surface area contributed by atoms with Crippen LogP contribution in [0, 0.1) is 0 Å². The van der Waals surface area contributed by atoms with Crippen LogP contribution >= 0.6 is 11.6 Å². The van der Waals surface area contributed by atoms with E-state index in [4.69, 9.17) is 11.6 Å². The van der Waals surface area contributed by atoms with Crippen molar-refractivity contribution in [1.29, 1.82) is 0 Å². The predicted octanol–water partition coefficient (Wildman–Crippen LogP) is 4.32. The highest BCUT2D eigenvalue weighted by Crippen LogP contribution is 2.11. The minimum absolute atomic E-state index is 0.838. The molecule has 72 valence electrons. The summed E-state index contributed by atoms with van der Waals surface area (Å²) in [6, 6.07) is 0. The van der Waals surface area contributed by atoms with Crippen LogP contribution in [0.1, 0.15) is 39.5 Å². The first-order valence-corrected chi connectivity index (χ1v) is 5.94. The lowest BCUT2D eigenvalue weighted by Gasteiger charge is -2.07. The van der Waals surface area contributed by atoms with Gasteiger partial charge in [0.25, 0.3) is 0 Å². The molecule has 0 spiro atoms. The van der Waals surface area contributed by atoms with Crippen LogP contribution in [0.5, 0.6) is 0 Å². The second-order valence-corrected chi connectivity index (χ2v) is 3.95. The Balaban J connectivity index is 3.06. The van der Waals surface area contributed by atoms with Crippen LogP contribution in [0.15, 0.2) is 0 Å². The number of hydrogen-bond donors (Lipinski definition) is 0. The molecule has 0 nitrogen and oxygen atoms in total. The SMILES string of the molecule is CCB(CC)CCCCCCCl. The second-order valence-electron chi connectivity index (χ2n) is 3.57. The fraction of sp³-hybridized carbons (Fsp3) is 1.00. The maximum Gasteiger partial charge on any atom is 0.139 e. The molecule has 0 aromatic carbocycles. The summed E-state index contributed by atoms with van der Waals surface area (Å²) in [5, 5.41) is 0. The van der Waals surface area contributed by atoms with Gasteiger partial charge in [-0.1, -0.05) is 52.1 Å². The summed E-state index contributed by atoms with van der Waals surface area (Å²) in [5.41, 5.74) is 0. The van der Waals surface area contributed by atoms with E-state index in [1.54, 1.807) is 0 Å². The largest absolute Gasteiger partial charge is 0.139 e. The molecular formula is C10H22BCl. The Morgan fingerprint density at radius 1 is 0.917 bits per heavy atom. The highest BCUT2D eigenvalue weighted by atomic mass is 35.5. The molecule has 0 aliphatic carbocycles. The Kier molecular flexibility index (Phi) is 9.72. The number of alkyl halides is 1. The molecular weight excluding hydrogens is 166 g/mol. The number of unbranched alkanes of at least 4 members (excludes halogenated alkanes) is 3. The minimum atomic E-state index is 0.838. The molecule has 0 aliphatic heterocycles. The van der Waals surface area contributed by atoms with E-state index in [1.807, 2.05) is 0 Å². The Hall–Kier alpha value is 0.355. The molecule has 0 rings (SSSR count). The van der Waals surface area contributed by atoms with Crippen molar-refractivity contribution >= 4 is 18.3 Å². The second kappa shape index (κ2) is 9.44. The lowest BCUT2D eigenvalue weighted by atomic mass is 9.43. The fourth-order valence-electron chi connectivity index (χ4n) is 1.58.